The molecule has 2 atom stereocenters. The van der Waals surface area contributed by atoms with E-state index in [1.807, 2.05) is 6.92 Å². The quantitative estimate of drug-likeness (QED) is 0.643. The van der Waals surface area contributed by atoms with Crippen molar-refractivity contribution in [2.45, 2.75) is 96.0 Å². The van der Waals surface area contributed by atoms with Crippen LogP contribution in [0.5, 0.6) is 0 Å². The smallest absolute Gasteiger partial charge is 0.412 e. The van der Waals surface area contributed by atoms with Crippen molar-refractivity contribution in [2.75, 3.05) is 13.2 Å². The van der Waals surface area contributed by atoms with E-state index in [4.69, 9.17) is 9.47 Å². The molecule has 4 aliphatic carbocycles. The lowest BCUT2D eigenvalue weighted by Crippen LogP contribution is -2.56. The molecule has 28 heavy (non-hydrogen) atoms. The maximum absolute atomic E-state index is 12.5. The van der Waals surface area contributed by atoms with Crippen molar-refractivity contribution in [3.63, 3.8) is 0 Å². The van der Waals surface area contributed by atoms with Crippen LogP contribution in [0.1, 0.15) is 79.1 Å². The highest BCUT2D eigenvalue weighted by atomic mass is 16.6. The maximum atomic E-state index is 12.5. The zero-order valence-corrected chi connectivity index (χ0v) is 18.0. The fourth-order valence-corrected chi connectivity index (χ4v) is 6.60. The zero-order valence-electron chi connectivity index (χ0n) is 18.0. The highest BCUT2D eigenvalue weighted by molar-refractivity contribution is 5.72. The second kappa shape index (κ2) is 7.02. The number of nitrogens with zero attached hydrogens (tertiary/aromatic N) is 1. The Morgan fingerprint density at radius 1 is 1.18 bits per heavy atom. The molecule has 158 valence electrons. The van der Waals surface area contributed by atoms with Gasteiger partial charge in [0.15, 0.2) is 11.3 Å². The molecule has 4 saturated carbocycles. The Morgan fingerprint density at radius 3 is 2.29 bits per heavy atom. The number of amides is 1. The summed E-state index contributed by atoms with van der Waals surface area (Å²) in [5.74, 6) is 2.51. The molecule has 1 aliphatic heterocycles. The van der Waals surface area contributed by atoms with Gasteiger partial charge in [-0.15, -0.1) is 0 Å². The Kier molecular flexibility index (Phi) is 5.06. The predicted octanol–water partition coefficient (Wildman–Crippen LogP) is 4.64. The zero-order chi connectivity index (χ0) is 20.2. The van der Waals surface area contributed by atoms with Gasteiger partial charge in [-0.1, -0.05) is 11.6 Å². The van der Waals surface area contributed by atoms with Crippen molar-refractivity contribution in [3.8, 4) is 0 Å². The molecule has 1 heterocycles. The molecule has 0 unspecified atom stereocenters. The molecule has 0 aromatic heterocycles. The van der Waals surface area contributed by atoms with Crippen molar-refractivity contribution in [1.29, 1.82) is 0 Å². The summed E-state index contributed by atoms with van der Waals surface area (Å²) in [7, 11) is 0. The third-order valence-electron chi connectivity index (χ3n) is 7.94. The van der Waals surface area contributed by atoms with Gasteiger partial charge in [-0.2, -0.15) is 0 Å². The summed E-state index contributed by atoms with van der Waals surface area (Å²) in [6, 6.07) is 0. The largest absolute Gasteiger partial charge is 0.438 e. The summed E-state index contributed by atoms with van der Waals surface area (Å²) in [6.07, 6.45) is 10.8. The SMILES string of the molecule is CC(C)=CCC[C@@]1(C)OC(=O)N(CCOC23CC4CC(CC(C4)C2)C3)[C@]1(C)O. The third-order valence-corrected chi connectivity index (χ3v) is 7.94. The van der Waals surface area contributed by atoms with Gasteiger partial charge in [-0.3, -0.25) is 4.90 Å². The van der Waals surface area contributed by atoms with Crippen molar-refractivity contribution >= 4 is 6.09 Å². The molecule has 5 fully saturated rings. The molecular formula is C23H37NO4. The minimum Gasteiger partial charge on any atom is -0.438 e. The highest BCUT2D eigenvalue weighted by Gasteiger charge is 2.59. The van der Waals surface area contributed by atoms with Crippen LogP contribution in [-0.4, -0.2) is 46.2 Å². The minimum absolute atomic E-state index is 0.0248. The lowest BCUT2D eigenvalue weighted by atomic mass is 9.54. The molecule has 5 aliphatic rings. The highest BCUT2D eigenvalue weighted by Crippen LogP contribution is 2.57. The standard InChI is InChI=1S/C23H37NO4/c1-16(2)6-5-7-21(3)22(4,26)24(20(25)28-21)8-9-27-23-13-17-10-18(14-23)12-19(11-17)15-23/h6,17-19,26H,5,7-15H2,1-4H3/t17?,18?,19?,21-,22-,23?/m1/s1. The molecule has 5 nitrogen and oxygen atoms in total. The Morgan fingerprint density at radius 2 is 1.75 bits per heavy atom. The Bertz CT molecular complexity index is 616. The van der Waals surface area contributed by atoms with Crippen LogP contribution in [0.15, 0.2) is 11.6 Å². The fourth-order valence-electron chi connectivity index (χ4n) is 6.60. The van der Waals surface area contributed by atoms with Gasteiger partial charge in [-0.05, 0) is 96.8 Å². The van der Waals surface area contributed by atoms with Crippen molar-refractivity contribution in [1.82, 2.24) is 4.90 Å². The number of ether oxygens (including phenoxy) is 2. The molecule has 1 saturated heterocycles. The second-order valence-electron chi connectivity index (χ2n) is 10.5. The molecule has 1 amide bonds. The van der Waals surface area contributed by atoms with Gasteiger partial charge in [0.2, 0.25) is 0 Å². The van der Waals surface area contributed by atoms with Crippen LogP contribution in [0.25, 0.3) is 0 Å². The molecule has 5 rings (SSSR count). The molecule has 0 spiro atoms. The van der Waals surface area contributed by atoms with Gasteiger partial charge < -0.3 is 14.6 Å². The number of cyclic esters (lactones) is 1. The van der Waals surface area contributed by atoms with E-state index in [9.17, 15) is 9.90 Å². The van der Waals surface area contributed by atoms with E-state index in [-0.39, 0.29) is 5.60 Å². The van der Waals surface area contributed by atoms with Gasteiger partial charge in [0, 0.05) is 0 Å². The summed E-state index contributed by atoms with van der Waals surface area (Å²) in [5, 5.41) is 11.2. The average Bonchev–Trinajstić information content (AvgIpc) is 2.72. The van der Waals surface area contributed by atoms with E-state index >= 15 is 0 Å². The number of rotatable bonds is 7. The van der Waals surface area contributed by atoms with Crippen molar-refractivity contribution in [2.24, 2.45) is 17.8 Å². The van der Waals surface area contributed by atoms with Crippen LogP contribution < -0.4 is 0 Å². The monoisotopic (exact) mass is 391 g/mol. The van der Waals surface area contributed by atoms with E-state index in [0.717, 1.165) is 24.2 Å². The summed E-state index contributed by atoms with van der Waals surface area (Å²) in [5.41, 5.74) is -0.980. The second-order valence-corrected chi connectivity index (χ2v) is 10.5. The van der Waals surface area contributed by atoms with E-state index < -0.39 is 17.4 Å². The Labute approximate surface area is 169 Å². The number of aliphatic hydroxyl groups is 1. The van der Waals surface area contributed by atoms with Gasteiger partial charge >= 0.3 is 6.09 Å². The van der Waals surface area contributed by atoms with Crippen LogP contribution in [-0.2, 0) is 9.47 Å². The first-order valence-corrected chi connectivity index (χ1v) is 11.1. The average molecular weight is 392 g/mol. The van der Waals surface area contributed by atoms with Crippen molar-refractivity contribution < 1.29 is 19.4 Å². The van der Waals surface area contributed by atoms with Crippen LogP contribution in [0.3, 0.4) is 0 Å². The van der Waals surface area contributed by atoms with Gasteiger partial charge in [0.05, 0.1) is 18.8 Å². The summed E-state index contributed by atoms with van der Waals surface area (Å²) in [6.45, 7) is 8.49. The lowest BCUT2D eigenvalue weighted by molar-refractivity contribution is -0.175. The van der Waals surface area contributed by atoms with E-state index in [1.165, 1.54) is 49.0 Å². The van der Waals surface area contributed by atoms with E-state index in [2.05, 4.69) is 19.9 Å². The number of hydrogen-bond donors (Lipinski definition) is 1. The molecular weight excluding hydrogens is 354 g/mol. The Balaban J connectivity index is 1.36. The normalized spacial score (nSPS) is 44.1. The maximum Gasteiger partial charge on any atom is 0.412 e. The summed E-state index contributed by atoms with van der Waals surface area (Å²) < 4.78 is 12.1. The summed E-state index contributed by atoms with van der Waals surface area (Å²) >= 11 is 0. The first-order valence-electron chi connectivity index (χ1n) is 11.1. The predicted molar refractivity (Wildman–Crippen MR) is 108 cm³/mol. The van der Waals surface area contributed by atoms with Crippen LogP contribution in [0, 0.1) is 17.8 Å². The molecule has 4 bridgehead atoms. The molecule has 1 N–H and O–H groups in total. The van der Waals surface area contributed by atoms with E-state index in [1.54, 1.807) is 6.92 Å². The number of carbonyl (C=O) groups excluding carboxylic acids is 1. The van der Waals surface area contributed by atoms with Crippen LogP contribution >= 0.6 is 0 Å². The summed E-state index contributed by atoms with van der Waals surface area (Å²) in [4.78, 5) is 14.0. The number of allylic oxidation sites excluding steroid dienone is 2. The van der Waals surface area contributed by atoms with E-state index in [0.29, 0.717) is 19.6 Å². The van der Waals surface area contributed by atoms with Gasteiger partial charge in [0.1, 0.15) is 0 Å². The lowest BCUT2D eigenvalue weighted by Gasteiger charge is -2.56. The topological polar surface area (TPSA) is 59.0 Å². The number of hydrogen-bond acceptors (Lipinski definition) is 4. The molecule has 0 radical (unpaired) electrons. The fraction of sp³-hybridized carbons (Fsp3) is 0.870. The third kappa shape index (κ3) is 3.49. The van der Waals surface area contributed by atoms with Gasteiger partial charge in [-0.25, -0.2) is 4.79 Å². The first kappa shape index (κ1) is 20.2. The Hall–Kier alpha value is -1.07. The van der Waals surface area contributed by atoms with Gasteiger partial charge in [0.25, 0.3) is 0 Å². The number of carbonyl (C=O) groups is 1. The molecule has 0 aromatic rings. The minimum atomic E-state index is -1.33. The van der Waals surface area contributed by atoms with Crippen molar-refractivity contribution in [3.05, 3.63) is 11.6 Å². The molecule has 0 aromatic carbocycles. The van der Waals surface area contributed by atoms with Crippen LogP contribution in [0.4, 0.5) is 4.79 Å². The molecule has 5 heteroatoms. The first-order chi connectivity index (χ1) is 13.1. The van der Waals surface area contributed by atoms with Crippen LogP contribution in [0.2, 0.25) is 0 Å².